The summed E-state index contributed by atoms with van der Waals surface area (Å²) < 4.78 is 6.80. The third-order valence-electron chi connectivity index (χ3n) is 3.92. The van der Waals surface area contributed by atoms with E-state index in [4.69, 9.17) is 4.74 Å². The van der Waals surface area contributed by atoms with Gasteiger partial charge >= 0.3 is 0 Å². The molecule has 0 amide bonds. The van der Waals surface area contributed by atoms with Crippen molar-refractivity contribution in [1.29, 1.82) is 0 Å². The van der Waals surface area contributed by atoms with Gasteiger partial charge in [0.2, 0.25) is 0 Å². The van der Waals surface area contributed by atoms with Gasteiger partial charge in [-0.2, -0.15) is 0 Å². The van der Waals surface area contributed by atoms with Crippen LogP contribution in [0.3, 0.4) is 0 Å². The first kappa shape index (κ1) is 15.1. The van der Waals surface area contributed by atoms with Gasteiger partial charge in [-0.15, -0.1) is 11.3 Å². The van der Waals surface area contributed by atoms with E-state index in [1.54, 1.807) is 0 Å². The molecule has 1 atom stereocenters. The molecule has 1 unspecified atom stereocenters. The maximum absolute atomic E-state index is 5.58. The van der Waals surface area contributed by atoms with Gasteiger partial charge < -0.3 is 10.1 Å². The van der Waals surface area contributed by atoms with Gasteiger partial charge in [0, 0.05) is 23.9 Å². The van der Waals surface area contributed by atoms with Gasteiger partial charge in [-0.25, -0.2) is 0 Å². The van der Waals surface area contributed by atoms with E-state index in [0.717, 1.165) is 38.2 Å². The Morgan fingerprint density at radius 2 is 2.24 bits per heavy atom. The standard InChI is InChI=1S/C17H20BrNOS/c1-2-15(19-9-7-14-4-6-17(18)21-14)12-3-5-16-13(11-12)8-10-20-16/h3-6,11,15,19H,2,7-10H2,1H3. The molecule has 0 aliphatic carbocycles. The predicted octanol–water partition coefficient (Wildman–Crippen LogP) is 4.73. The molecule has 4 heteroatoms. The van der Waals surface area contributed by atoms with Crippen LogP contribution in [0, 0.1) is 0 Å². The molecule has 112 valence electrons. The highest BCUT2D eigenvalue weighted by molar-refractivity contribution is 9.11. The molecular weight excluding hydrogens is 346 g/mol. The SMILES string of the molecule is CCC(NCCc1ccc(Br)s1)c1ccc2c(c1)CCO2. The molecule has 1 aliphatic rings. The molecule has 0 radical (unpaired) electrons. The van der Waals surface area contributed by atoms with Crippen LogP contribution in [0.5, 0.6) is 5.75 Å². The third kappa shape index (κ3) is 3.68. The lowest BCUT2D eigenvalue weighted by atomic mass is 10.0. The van der Waals surface area contributed by atoms with Crippen LogP contribution < -0.4 is 10.1 Å². The Labute approximate surface area is 138 Å². The molecule has 0 saturated heterocycles. The Balaban J connectivity index is 1.59. The molecule has 2 nitrogen and oxygen atoms in total. The summed E-state index contributed by atoms with van der Waals surface area (Å²) in [6, 6.07) is 11.4. The zero-order valence-electron chi connectivity index (χ0n) is 12.2. The molecule has 21 heavy (non-hydrogen) atoms. The highest BCUT2D eigenvalue weighted by atomic mass is 79.9. The van der Waals surface area contributed by atoms with Crippen molar-refractivity contribution in [2.75, 3.05) is 13.2 Å². The summed E-state index contributed by atoms with van der Waals surface area (Å²) in [5.74, 6) is 1.07. The average Bonchev–Trinajstić information content (AvgIpc) is 3.11. The van der Waals surface area contributed by atoms with Gasteiger partial charge in [0.25, 0.3) is 0 Å². The lowest BCUT2D eigenvalue weighted by Gasteiger charge is -2.18. The molecule has 1 N–H and O–H groups in total. The van der Waals surface area contributed by atoms with Crippen LogP contribution in [-0.4, -0.2) is 13.2 Å². The summed E-state index contributed by atoms with van der Waals surface area (Å²) >= 11 is 5.34. The first-order valence-corrected chi connectivity index (χ1v) is 9.10. The van der Waals surface area contributed by atoms with Gasteiger partial charge in [0.1, 0.15) is 5.75 Å². The minimum absolute atomic E-state index is 0.430. The van der Waals surface area contributed by atoms with Crippen molar-refractivity contribution in [3.8, 4) is 5.75 Å². The highest BCUT2D eigenvalue weighted by Gasteiger charge is 2.15. The molecule has 3 rings (SSSR count). The maximum Gasteiger partial charge on any atom is 0.122 e. The number of thiophene rings is 1. The first-order valence-electron chi connectivity index (χ1n) is 7.49. The van der Waals surface area contributed by atoms with Gasteiger partial charge in [0.15, 0.2) is 0 Å². The van der Waals surface area contributed by atoms with Crippen molar-refractivity contribution < 1.29 is 4.74 Å². The van der Waals surface area contributed by atoms with Crippen molar-refractivity contribution in [1.82, 2.24) is 5.32 Å². The van der Waals surface area contributed by atoms with Gasteiger partial charge in [-0.3, -0.25) is 0 Å². The summed E-state index contributed by atoms with van der Waals surface area (Å²) in [4.78, 5) is 1.42. The third-order valence-corrected chi connectivity index (χ3v) is 5.60. The minimum atomic E-state index is 0.430. The normalized spacial score (nSPS) is 14.8. The molecule has 1 aromatic carbocycles. The van der Waals surface area contributed by atoms with E-state index < -0.39 is 0 Å². The van der Waals surface area contributed by atoms with Crippen molar-refractivity contribution in [3.63, 3.8) is 0 Å². The smallest absolute Gasteiger partial charge is 0.122 e. The Morgan fingerprint density at radius 1 is 1.33 bits per heavy atom. The van der Waals surface area contributed by atoms with Crippen LogP contribution in [0.1, 0.15) is 35.4 Å². The van der Waals surface area contributed by atoms with Crippen molar-refractivity contribution in [2.45, 2.75) is 32.2 Å². The second kappa shape index (κ2) is 6.95. The number of rotatable bonds is 6. The number of halogens is 1. The number of nitrogens with one attached hydrogen (secondary N) is 1. The Kier molecular flexibility index (Phi) is 4.99. The zero-order chi connectivity index (χ0) is 14.7. The van der Waals surface area contributed by atoms with Crippen LogP contribution in [0.15, 0.2) is 34.1 Å². The molecule has 0 saturated carbocycles. The lowest BCUT2D eigenvalue weighted by molar-refractivity contribution is 0.356. The number of hydrogen-bond acceptors (Lipinski definition) is 3. The fourth-order valence-corrected chi connectivity index (χ4v) is 4.26. The molecule has 0 bridgehead atoms. The summed E-state index contributed by atoms with van der Waals surface area (Å²) in [6.45, 7) is 4.08. The zero-order valence-corrected chi connectivity index (χ0v) is 14.6. The van der Waals surface area contributed by atoms with E-state index in [1.165, 1.54) is 19.8 Å². The summed E-state index contributed by atoms with van der Waals surface area (Å²) in [5.41, 5.74) is 2.74. The van der Waals surface area contributed by atoms with Crippen LogP contribution >= 0.6 is 27.3 Å². The van der Waals surface area contributed by atoms with E-state index in [1.807, 2.05) is 11.3 Å². The fourth-order valence-electron chi connectivity index (χ4n) is 2.78. The summed E-state index contributed by atoms with van der Waals surface area (Å²) in [5, 5.41) is 3.69. The Hall–Kier alpha value is -0.840. The Morgan fingerprint density at radius 3 is 3.00 bits per heavy atom. The van der Waals surface area contributed by atoms with Gasteiger partial charge in [0.05, 0.1) is 10.4 Å². The second-order valence-electron chi connectivity index (χ2n) is 5.34. The first-order chi connectivity index (χ1) is 10.3. The van der Waals surface area contributed by atoms with E-state index in [-0.39, 0.29) is 0 Å². The van der Waals surface area contributed by atoms with Crippen molar-refractivity contribution in [2.24, 2.45) is 0 Å². The van der Waals surface area contributed by atoms with Crippen LogP contribution in [0.2, 0.25) is 0 Å². The molecule has 1 aliphatic heterocycles. The molecule has 2 heterocycles. The Bertz CT molecular complexity index is 611. The predicted molar refractivity (Wildman–Crippen MR) is 92.4 cm³/mol. The van der Waals surface area contributed by atoms with Crippen molar-refractivity contribution >= 4 is 27.3 Å². The maximum atomic E-state index is 5.58. The molecule has 0 fully saturated rings. The lowest BCUT2D eigenvalue weighted by Crippen LogP contribution is -2.23. The number of fused-ring (bicyclic) bond motifs is 1. The van der Waals surface area contributed by atoms with Crippen LogP contribution in [-0.2, 0) is 12.8 Å². The van der Waals surface area contributed by atoms with Crippen LogP contribution in [0.4, 0.5) is 0 Å². The molecular formula is C17H20BrNOS. The fraction of sp³-hybridized carbons (Fsp3) is 0.412. The van der Waals surface area contributed by atoms with Crippen LogP contribution in [0.25, 0.3) is 0 Å². The van der Waals surface area contributed by atoms with E-state index in [9.17, 15) is 0 Å². The van der Waals surface area contributed by atoms with E-state index in [2.05, 4.69) is 58.5 Å². The number of ether oxygens (including phenoxy) is 1. The number of benzene rings is 1. The van der Waals surface area contributed by atoms with E-state index >= 15 is 0 Å². The van der Waals surface area contributed by atoms with Gasteiger partial charge in [-0.1, -0.05) is 19.1 Å². The molecule has 1 aromatic heterocycles. The summed E-state index contributed by atoms with van der Waals surface area (Å²) in [7, 11) is 0. The topological polar surface area (TPSA) is 21.3 Å². The monoisotopic (exact) mass is 365 g/mol. The molecule has 0 spiro atoms. The number of hydrogen-bond donors (Lipinski definition) is 1. The summed E-state index contributed by atoms with van der Waals surface area (Å²) in [6.07, 6.45) is 3.23. The quantitative estimate of drug-likeness (QED) is 0.798. The minimum Gasteiger partial charge on any atom is -0.493 e. The van der Waals surface area contributed by atoms with Gasteiger partial charge in [-0.05, 0) is 58.1 Å². The second-order valence-corrected chi connectivity index (χ2v) is 7.88. The molecule has 2 aromatic rings. The van der Waals surface area contributed by atoms with Crippen molar-refractivity contribution in [3.05, 3.63) is 50.1 Å². The average molecular weight is 366 g/mol. The van der Waals surface area contributed by atoms with E-state index in [0.29, 0.717) is 6.04 Å². The highest BCUT2D eigenvalue weighted by Crippen LogP contribution is 2.29. The largest absolute Gasteiger partial charge is 0.493 e.